The molecule has 1 heterocycles. The maximum absolute atomic E-state index is 12.8. The zero-order valence-electron chi connectivity index (χ0n) is 23.0. The van der Waals surface area contributed by atoms with E-state index in [0.29, 0.717) is 25.3 Å². The first-order valence-electron chi connectivity index (χ1n) is 13.2. The molecule has 4 rings (SSSR count). The number of aromatic nitrogens is 1. The summed E-state index contributed by atoms with van der Waals surface area (Å²) in [6.07, 6.45) is 2.29. The summed E-state index contributed by atoms with van der Waals surface area (Å²) < 4.78 is 10.8. The molecule has 1 aromatic heterocycles. The monoisotopic (exact) mass is 507 g/mol. The molecular weight excluding hydrogens is 466 g/mol. The van der Waals surface area contributed by atoms with Gasteiger partial charge in [-0.3, -0.25) is 0 Å². The van der Waals surface area contributed by atoms with Gasteiger partial charge >= 0.3 is 5.97 Å². The lowest BCUT2D eigenvalue weighted by Gasteiger charge is -2.45. The van der Waals surface area contributed by atoms with Gasteiger partial charge < -0.3 is 29.8 Å². The van der Waals surface area contributed by atoms with Crippen LogP contribution in [0, 0.1) is 19.8 Å². The van der Waals surface area contributed by atoms with Crippen LogP contribution in [-0.4, -0.2) is 61.4 Å². The highest BCUT2D eigenvalue weighted by molar-refractivity contribution is 5.99. The minimum absolute atomic E-state index is 0.0396. The molecule has 37 heavy (non-hydrogen) atoms. The summed E-state index contributed by atoms with van der Waals surface area (Å²) in [6, 6.07) is 12.3. The standard InChI is InChI=1S/C30H41N3O4/c1-7-37-29(34)28-25(27-20(3)13-19(2)14-26(27)32-28)17-31-23-11-12-30(35,22(15-23)18-33(4)5)21-9-8-10-24(16-21)36-6/h8-10,13-14,16,22-23,31-32,35H,7,11-12,15,17-18H2,1-6H3. The van der Waals surface area contributed by atoms with E-state index in [1.54, 1.807) is 7.11 Å². The van der Waals surface area contributed by atoms with Crippen LogP contribution < -0.4 is 10.1 Å². The summed E-state index contributed by atoms with van der Waals surface area (Å²) in [5.74, 6) is 0.470. The Hall–Kier alpha value is -2.87. The van der Waals surface area contributed by atoms with Gasteiger partial charge in [0.15, 0.2) is 0 Å². The average molecular weight is 508 g/mol. The van der Waals surface area contributed by atoms with E-state index in [-0.39, 0.29) is 17.9 Å². The van der Waals surface area contributed by atoms with E-state index in [1.165, 1.54) is 0 Å². The number of aliphatic hydroxyl groups is 1. The third-order valence-corrected chi connectivity index (χ3v) is 7.66. The SMILES string of the molecule is CCOC(=O)c1[nH]c2cc(C)cc(C)c2c1CNC1CCC(O)(c2cccc(OC)c2)C(CN(C)C)C1. The Labute approximate surface area is 220 Å². The van der Waals surface area contributed by atoms with Gasteiger partial charge in [-0.05, 0) is 89.0 Å². The number of hydrogen-bond acceptors (Lipinski definition) is 6. The largest absolute Gasteiger partial charge is 0.497 e. The van der Waals surface area contributed by atoms with Crippen LogP contribution in [0.1, 0.15) is 58.9 Å². The smallest absolute Gasteiger partial charge is 0.355 e. The fraction of sp³-hybridized carbons (Fsp3) is 0.500. The van der Waals surface area contributed by atoms with Gasteiger partial charge in [-0.25, -0.2) is 4.79 Å². The van der Waals surface area contributed by atoms with Crippen molar-refractivity contribution in [3.05, 3.63) is 64.3 Å². The molecule has 3 atom stereocenters. The van der Waals surface area contributed by atoms with E-state index < -0.39 is 5.60 Å². The summed E-state index contributed by atoms with van der Waals surface area (Å²) >= 11 is 0. The maximum Gasteiger partial charge on any atom is 0.355 e. The van der Waals surface area contributed by atoms with Crippen molar-refractivity contribution in [2.24, 2.45) is 5.92 Å². The van der Waals surface area contributed by atoms with Crippen LogP contribution in [0.3, 0.4) is 0 Å². The highest BCUT2D eigenvalue weighted by Crippen LogP contribution is 2.43. The number of methoxy groups -OCH3 is 1. The summed E-state index contributed by atoms with van der Waals surface area (Å²) in [5, 5.41) is 16.8. The Balaban J connectivity index is 1.59. The van der Waals surface area contributed by atoms with Crippen molar-refractivity contribution < 1.29 is 19.4 Å². The predicted molar refractivity (Wildman–Crippen MR) is 147 cm³/mol. The summed E-state index contributed by atoms with van der Waals surface area (Å²) in [5.41, 5.74) is 4.69. The lowest BCUT2D eigenvalue weighted by Crippen LogP contribution is -2.49. The van der Waals surface area contributed by atoms with Gasteiger partial charge in [0, 0.05) is 41.5 Å². The lowest BCUT2D eigenvalue weighted by molar-refractivity contribution is -0.0694. The topological polar surface area (TPSA) is 86.8 Å². The predicted octanol–water partition coefficient (Wildman–Crippen LogP) is 4.68. The molecule has 3 aromatic rings. The third kappa shape index (κ3) is 5.69. The van der Waals surface area contributed by atoms with Crippen molar-refractivity contribution in [2.75, 3.05) is 34.4 Å². The van der Waals surface area contributed by atoms with E-state index in [1.807, 2.05) is 45.3 Å². The highest BCUT2D eigenvalue weighted by Gasteiger charge is 2.43. The van der Waals surface area contributed by atoms with Crippen molar-refractivity contribution in [2.45, 2.75) is 58.2 Å². The first kappa shape index (κ1) is 27.2. The molecule has 3 unspecified atom stereocenters. The summed E-state index contributed by atoms with van der Waals surface area (Å²) in [6.45, 7) is 7.62. The fourth-order valence-electron chi connectivity index (χ4n) is 5.98. The zero-order chi connectivity index (χ0) is 26.7. The number of benzene rings is 2. The second-order valence-corrected chi connectivity index (χ2v) is 10.7. The molecule has 3 N–H and O–H groups in total. The molecule has 1 saturated carbocycles. The number of rotatable bonds is 9. The summed E-state index contributed by atoms with van der Waals surface area (Å²) in [7, 11) is 5.75. The number of H-pyrrole nitrogens is 1. The quantitative estimate of drug-likeness (QED) is 0.365. The second kappa shape index (κ2) is 11.3. The van der Waals surface area contributed by atoms with Crippen LogP contribution in [0.2, 0.25) is 0 Å². The Bertz CT molecular complexity index is 1250. The van der Waals surface area contributed by atoms with Crippen molar-refractivity contribution in [3.8, 4) is 5.75 Å². The van der Waals surface area contributed by atoms with Gasteiger partial charge in [-0.2, -0.15) is 0 Å². The normalized spacial score (nSPS) is 21.9. The zero-order valence-corrected chi connectivity index (χ0v) is 23.0. The van der Waals surface area contributed by atoms with E-state index in [2.05, 4.69) is 41.2 Å². The average Bonchev–Trinajstić information content (AvgIpc) is 3.23. The number of carbonyl (C=O) groups excluding carboxylic acids is 1. The van der Waals surface area contributed by atoms with E-state index in [9.17, 15) is 9.90 Å². The highest BCUT2D eigenvalue weighted by atomic mass is 16.5. The van der Waals surface area contributed by atoms with Crippen molar-refractivity contribution >= 4 is 16.9 Å². The molecule has 7 heteroatoms. The molecule has 0 spiro atoms. The minimum Gasteiger partial charge on any atom is -0.497 e. The maximum atomic E-state index is 12.8. The van der Waals surface area contributed by atoms with E-state index >= 15 is 0 Å². The molecular formula is C30H41N3O4. The van der Waals surface area contributed by atoms with Gasteiger partial charge in [0.2, 0.25) is 0 Å². The van der Waals surface area contributed by atoms with E-state index in [4.69, 9.17) is 9.47 Å². The number of hydrogen-bond donors (Lipinski definition) is 3. The molecule has 1 aliphatic carbocycles. The van der Waals surface area contributed by atoms with Gasteiger partial charge in [0.05, 0.1) is 19.3 Å². The molecule has 7 nitrogen and oxygen atoms in total. The molecule has 200 valence electrons. The van der Waals surface area contributed by atoms with Gasteiger partial charge in [-0.15, -0.1) is 0 Å². The molecule has 1 aliphatic rings. The Morgan fingerprint density at radius 2 is 2.03 bits per heavy atom. The van der Waals surface area contributed by atoms with Crippen LogP contribution in [-0.2, 0) is 16.9 Å². The van der Waals surface area contributed by atoms with Gasteiger partial charge in [0.1, 0.15) is 11.4 Å². The molecule has 0 radical (unpaired) electrons. The van der Waals surface area contributed by atoms with E-state index in [0.717, 1.165) is 58.3 Å². The number of nitrogens with zero attached hydrogens (tertiary/aromatic N) is 1. The summed E-state index contributed by atoms with van der Waals surface area (Å²) in [4.78, 5) is 18.3. The second-order valence-electron chi connectivity index (χ2n) is 10.7. The molecule has 0 saturated heterocycles. The fourth-order valence-corrected chi connectivity index (χ4v) is 5.98. The number of aryl methyl sites for hydroxylation is 2. The van der Waals surface area contributed by atoms with Crippen molar-refractivity contribution in [3.63, 3.8) is 0 Å². The number of nitrogens with one attached hydrogen (secondary N) is 2. The molecule has 0 amide bonds. The van der Waals surface area contributed by atoms with Crippen LogP contribution in [0.5, 0.6) is 5.75 Å². The number of esters is 1. The first-order chi connectivity index (χ1) is 17.7. The van der Waals surface area contributed by atoms with Gasteiger partial charge in [0.25, 0.3) is 0 Å². The Morgan fingerprint density at radius 3 is 2.73 bits per heavy atom. The first-order valence-corrected chi connectivity index (χ1v) is 13.2. The van der Waals surface area contributed by atoms with Crippen LogP contribution in [0.15, 0.2) is 36.4 Å². The van der Waals surface area contributed by atoms with Crippen molar-refractivity contribution in [1.29, 1.82) is 0 Å². The van der Waals surface area contributed by atoms with Gasteiger partial charge in [-0.1, -0.05) is 18.2 Å². The number of aromatic amines is 1. The van der Waals surface area contributed by atoms with Crippen LogP contribution >= 0.6 is 0 Å². The third-order valence-electron chi connectivity index (χ3n) is 7.66. The Kier molecular flexibility index (Phi) is 8.26. The lowest BCUT2D eigenvalue weighted by atomic mass is 9.69. The van der Waals surface area contributed by atoms with Crippen molar-refractivity contribution in [1.82, 2.24) is 15.2 Å². The molecule has 0 aliphatic heterocycles. The number of ether oxygens (including phenoxy) is 2. The molecule has 1 fully saturated rings. The molecule has 2 aromatic carbocycles. The van der Waals surface area contributed by atoms with Crippen LogP contribution in [0.4, 0.5) is 0 Å². The number of fused-ring (bicyclic) bond motifs is 1. The minimum atomic E-state index is -0.929. The number of carbonyl (C=O) groups is 1. The van der Waals surface area contributed by atoms with Crippen LogP contribution in [0.25, 0.3) is 10.9 Å². The Morgan fingerprint density at radius 1 is 1.24 bits per heavy atom. The molecule has 0 bridgehead atoms.